The fourth-order valence-electron chi connectivity index (χ4n) is 5.48. The lowest BCUT2D eigenvalue weighted by Crippen LogP contribution is -2.60. The van der Waals surface area contributed by atoms with Crippen LogP contribution in [0, 0.1) is 5.92 Å². The number of hydrogen-bond donors (Lipinski definition) is 6. The van der Waals surface area contributed by atoms with Crippen molar-refractivity contribution in [3.05, 3.63) is 102 Å². The van der Waals surface area contributed by atoms with Gasteiger partial charge in [-0.05, 0) is 62.4 Å². The van der Waals surface area contributed by atoms with Gasteiger partial charge >= 0.3 is 12.1 Å². The summed E-state index contributed by atoms with van der Waals surface area (Å²) in [4.78, 5) is 79.1. The maximum Gasteiger partial charge on any atom is 0.408 e. The van der Waals surface area contributed by atoms with E-state index in [0.717, 1.165) is 12.7 Å². The highest BCUT2D eigenvalue weighted by molar-refractivity contribution is 5.96. The van der Waals surface area contributed by atoms with Crippen LogP contribution in [0.5, 0.6) is 5.75 Å². The van der Waals surface area contributed by atoms with Gasteiger partial charge in [-0.3, -0.25) is 19.2 Å². The number of hydrogen-bond acceptors (Lipinski definition) is 10. The van der Waals surface area contributed by atoms with Crippen LogP contribution < -0.4 is 31.3 Å². The summed E-state index contributed by atoms with van der Waals surface area (Å²) in [5.74, 6) is -3.62. The van der Waals surface area contributed by atoms with Gasteiger partial charge in [0.05, 0.1) is 13.2 Å². The molecule has 0 aliphatic rings. The predicted octanol–water partition coefficient (Wildman–Crippen LogP) is 2.72. The smallest absolute Gasteiger partial charge is 0.408 e. The molecular formula is C42H55N5O10. The van der Waals surface area contributed by atoms with E-state index in [0.29, 0.717) is 23.5 Å². The van der Waals surface area contributed by atoms with Crippen molar-refractivity contribution in [2.24, 2.45) is 5.92 Å². The standard InChI is InChI=1S/C42H55N5O10/c1-26(2)35(46-34(49)24-43-41(54)57-42(4,5)6)39(52)45-32(22-28-14-10-8-11-15-28)37(50)44-33(38(51)47-36(27(3)48)40(53)55-7)23-29-18-20-31(21-19-29)56-25-30-16-12-9-13-17-30/h8-21,26-27,32-33,35-36,48H,22-25H2,1-7H3,(H,43,54)(H,44,50)(H,45,52)(H,46,49)(H,47,51)/t27-,32-,33-,35-,36+/m0/s1. The summed E-state index contributed by atoms with van der Waals surface area (Å²) in [5.41, 5.74) is 1.52. The zero-order valence-electron chi connectivity index (χ0n) is 33.5. The second kappa shape index (κ2) is 22.0. The molecule has 57 heavy (non-hydrogen) atoms. The number of alkyl carbamates (subject to hydrolysis) is 1. The Bertz CT molecular complexity index is 1780. The normalized spacial score (nSPS) is 13.8. The summed E-state index contributed by atoms with van der Waals surface area (Å²) >= 11 is 0. The molecule has 6 N–H and O–H groups in total. The van der Waals surface area contributed by atoms with Gasteiger partial charge in [0.25, 0.3) is 0 Å². The first-order valence-corrected chi connectivity index (χ1v) is 18.7. The van der Waals surface area contributed by atoms with Gasteiger partial charge in [0, 0.05) is 12.8 Å². The topological polar surface area (TPSA) is 210 Å². The highest BCUT2D eigenvalue weighted by atomic mass is 16.6. The molecule has 0 bridgehead atoms. The number of nitrogens with one attached hydrogen (secondary N) is 5. The number of rotatable bonds is 19. The third-order valence-corrected chi connectivity index (χ3v) is 8.45. The van der Waals surface area contributed by atoms with Gasteiger partial charge in [-0.2, -0.15) is 0 Å². The van der Waals surface area contributed by atoms with Crippen LogP contribution in [0.1, 0.15) is 58.2 Å². The largest absolute Gasteiger partial charge is 0.489 e. The van der Waals surface area contributed by atoms with Gasteiger partial charge in [-0.1, -0.05) is 86.6 Å². The van der Waals surface area contributed by atoms with Crippen molar-refractivity contribution >= 4 is 35.7 Å². The first-order chi connectivity index (χ1) is 26.9. The molecule has 3 aromatic rings. The van der Waals surface area contributed by atoms with E-state index in [-0.39, 0.29) is 12.8 Å². The summed E-state index contributed by atoms with van der Waals surface area (Å²) in [6, 6.07) is 20.3. The van der Waals surface area contributed by atoms with Crippen molar-refractivity contribution in [1.82, 2.24) is 26.6 Å². The molecule has 5 atom stereocenters. The maximum absolute atomic E-state index is 14.2. The highest BCUT2D eigenvalue weighted by Gasteiger charge is 2.34. The average Bonchev–Trinajstić information content (AvgIpc) is 3.16. The molecule has 0 aliphatic heterocycles. The van der Waals surface area contributed by atoms with Crippen molar-refractivity contribution < 1.29 is 48.1 Å². The predicted molar refractivity (Wildman–Crippen MR) is 212 cm³/mol. The number of amides is 5. The quantitative estimate of drug-likeness (QED) is 0.0979. The van der Waals surface area contributed by atoms with E-state index >= 15 is 0 Å². The first-order valence-electron chi connectivity index (χ1n) is 18.7. The minimum Gasteiger partial charge on any atom is -0.489 e. The van der Waals surface area contributed by atoms with E-state index in [1.165, 1.54) is 6.92 Å². The average molecular weight is 790 g/mol. The summed E-state index contributed by atoms with van der Waals surface area (Å²) in [6.07, 6.45) is -2.17. The number of carbonyl (C=O) groups is 6. The Hall–Kier alpha value is -5.96. The molecule has 0 aromatic heterocycles. The Labute approximate surface area is 333 Å². The van der Waals surface area contributed by atoms with Crippen molar-refractivity contribution in [2.75, 3.05) is 13.7 Å². The zero-order chi connectivity index (χ0) is 42.1. The van der Waals surface area contributed by atoms with Crippen LogP contribution in [-0.2, 0) is 52.9 Å². The van der Waals surface area contributed by atoms with E-state index in [2.05, 4.69) is 26.6 Å². The van der Waals surface area contributed by atoms with Crippen molar-refractivity contribution in [1.29, 1.82) is 0 Å². The molecule has 3 rings (SSSR count). The third kappa shape index (κ3) is 16.0. The van der Waals surface area contributed by atoms with Crippen LogP contribution in [0.15, 0.2) is 84.9 Å². The molecule has 0 aliphatic carbocycles. The lowest BCUT2D eigenvalue weighted by molar-refractivity contribution is -0.148. The lowest BCUT2D eigenvalue weighted by Gasteiger charge is -2.28. The minimum atomic E-state index is -1.43. The van der Waals surface area contributed by atoms with E-state index in [1.54, 1.807) is 89.2 Å². The van der Waals surface area contributed by atoms with Gasteiger partial charge in [0.1, 0.15) is 42.6 Å². The monoisotopic (exact) mass is 789 g/mol. The number of esters is 1. The number of benzene rings is 3. The van der Waals surface area contributed by atoms with E-state index in [1.807, 2.05) is 30.3 Å². The number of aliphatic hydroxyl groups is 1. The Balaban J connectivity index is 1.85. The van der Waals surface area contributed by atoms with Crippen molar-refractivity contribution in [3.63, 3.8) is 0 Å². The summed E-state index contributed by atoms with van der Waals surface area (Å²) in [6.45, 7) is 9.64. The van der Waals surface area contributed by atoms with Gasteiger partial charge in [0.15, 0.2) is 6.04 Å². The molecule has 0 unspecified atom stereocenters. The molecule has 308 valence electrons. The molecule has 15 nitrogen and oxygen atoms in total. The summed E-state index contributed by atoms with van der Waals surface area (Å²) < 4.78 is 15.8. The van der Waals surface area contributed by atoms with Crippen LogP contribution in [0.2, 0.25) is 0 Å². The fraction of sp³-hybridized carbons (Fsp3) is 0.429. The van der Waals surface area contributed by atoms with Crippen LogP contribution in [0.3, 0.4) is 0 Å². The van der Waals surface area contributed by atoms with Crippen LogP contribution in [-0.4, -0.2) is 90.3 Å². The van der Waals surface area contributed by atoms with Crippen molar-refractivity contribution in [3.8, 4) is 5.75 Å². The van der Waals surface area contributed by atoms with Crippen LogP contribution >= 0.6 is 0 Å². The maximum atomic E-state index is 14.2. The van der Waals surface area contributed by atoms with Crippen LogP contribution in [0.4, 0.5) is 4.79 Å². The SMILES string of the molecule is COC(=O)[C@H](NC(=O)[C@H](Cc1ccc(OCc2ccccc2)cc1)NC(=O)[C@H](Cc1ccccc1)NC(=O)[C@@H](NC(=O)CNC(=O)OC(C)(C)C)C(C)C)[C@H](C)O. The van der Waals surface area contributed by atoms with Crippen LogP contribution in [0.25, 0.3) is 0 Å². The molecule has 0 saturated heterocycles. The first kappa shape index (κ1) is 45.4. The molecule has 0 fully saturated rings. The molecule has 3 aromatic carbocycles. The zero-order valence-corrected chi connectivity index (χ0v) is 33.5. The van der Waals surface area contributed by atoms with E-state index in [4.69, 9.17) is 14.2 Å². The van der Waals surface area contributed by atoms with Gasteiger partial charge in [-0.15, -0.1) is 0 Å². The van der Waals surface area contributed by atoms with Gasteiger partial charge in [0.2, 0.25) is 23.6 Å². The van der Waals surface area contributed by atoms with Gasteiger partial charge in [-0.25, -0.2) is 9.59 Å². The fourth-order valence-corrected chi connectivity index (χ4v) is 5.48. The molecular weight excluding hydrogens is 734 g/mol. The molecule has 5 amide bonds. The van der Waals surface area contributed by atoms with Gasteiger partial charge < -0.3 is 45.9 Å². The second-order valence-corrected chi connectivity index (χ2v) is 14.8. The molecule has 0 spiro atoms. The minimum absolute atomic E-state index is 0.0115. The lowest BCUT2D eigenvalue weighted by atomic mass is 10.00. The van der Waals surface area contributed by atoms with E-state index < -0.39 is 84.0 Å². The molecule has 0 radical (unpaired) electrons. The molecule has 0 saturated carbocycles. The Kier molecular flexibility index (Phi) is 17.5. The van der Waals surface area contributed by atoms with E-state index in [9.17, 15) is 33.9 Å². The summed E-state index contributed by atoms with van der Waals surface area (Å²) in [7, 11) is 1.12. The number of ether oxygens (including phenoxy) is 3. The number of carbonyl (C=O) groups excluding carboxylic acids is 6. The highest BCUT2D eigenvalue weighted by Crippen LogP contribution is 2.16. The Morgan fingerprint density at radius 3 is 1.67 bits per heavy atom. The third-order valence-electron chi connectivity index (χ3n) is 8.45. The second-order valence-electron chi connectivity index (χ2n) is 14.8. The molecule has 15 heteroatoms. The Morgan fingerprint density at radius 2 is 1.16 bits per heavy atom. The summed E-state index contributed by atoms with van der Waals surface area (Å²) in [5, 5.41) is 23.2. The number of methoxy groups -OCH3 is 1. The Morgan fingerprint density at radius 1 is 0.649 bits per heavy atom. The molecule has 0 heterocycles. The van der Waals surface area contributed by atoms with Crippen molar-refractivity contribution in [2.45, 2.75) is 96.9 Å². The number of aliphatic hydroxyl groups excluding tert-OH is 1.